The van der Waals surface area contributed by atoms with Gasteiger partial charge in [0.25, 0.3) is 0 Å². The molecule has 3 saturated carbocycles. The van der Waals surface area contributed by atoms with Crippen LogP contribution in [0.3, 0.4) is 0 Å². The van der Waals surface area contributed by atoms with Crippen molar-refractivity contribution in [2.45, 2.75) is 149 Å². The molecular weight excluding hydrogens is 833 g/mol. The smallest absolute Gasteiger partial charge is 0.465 e. The van der Waals surface area contributed by atoms with Gasteiger partial charge in [0, 0.05) is 71.1 Å². The second-order valence-electron chi connectivity index (χ2n) is 20.5. The molecule has 0 spiro atoms. The first-order valence-corrected chi connectivity index (χ1v) is 22.8. The normalized spacial score (nSPS) is 23.3. The first-order valence-electron chi connectivity index (χ1n) is 22.8. The maximum absolute atomic E-state index is 13.4. The number of ether oxygens (including phenoxy) is 2. The van der Waals surface area contributed by atoms with Crippen molar-refractivity contribution >= 4 is 49.2 Å². The Morgan fingerprint density at radius 2 is 1.36 bits per heavy atom. The lowest BCUT2D eigenvalue weighted by molar-refractivity contribution is -0.199. The number of carbonyl (C=O) groups is 7. The zero-order valence-corrected chi connectivity index (χ0v) is 39.4. The van der Waals surface area contributed by atoms with Crippen LogP contribution in [0.5, 0.6) is 0 Å². The van der Waals surface area contributed by atoms with Crippen LogP contribution in [0, 0.1) is 23.2 Å². The van der Waals surface area contributed by atoms with Gasteiger partial charge in [-0.3, -0.25) is 14.4 Å². The SMILES string of the molecule is CC(C)(C)OC(=O)N(CCNC(=O)O)CC(CC(=O)NCCCCCC(=O)NCC(=O)N1CCC[C@H]1B1OC2CC3C[C@@H](C3(C)C)[C@]2(C)O1)CN(CCNC(=O)O)C(=O)OC(C)(C)C. The number of nitrogens with zero attached hydrogens (tertiary/aromatic N) is 3. The Hall–Kier alpha value is -4.53. The van der Waals surface area contributed by atoms with Crippen molar-refractivity contribution in [2.75, 3.05) is 58.9 Å². The van der Waals surface area contributed by atoms with Crippen molar-refractivity contribution in [3.63, 3.8) is 0 Å². The van der Waals surface area contributed by atoms with Gasteiger partial charge in [-0.2, -0.15) is 0 Å². The van der Waals surface area contributed by atoms with Crippen LogP contribution >= 0.6 is 0 Å². The van der Waals surface area contributed by atoms with Crippen LogP contribution in [0.1, 0.15) is 120 Å². The van der Waals surface area contributed by atoms with Crippen LogP contribution in [0.4, 0.5) is 19.2 Å². The monoisotopic (exact) mass is 908 g/mol. The van der Waals surface area contributed by atoms with Crippen LogP contribution < -0.4 is 21.3 Å². The third-order valence-electron chi connectivity index (χ3n) is 12.8. The van der Waals surface area contributed by atoms with Gasteiger partial charge in [0.15, 0.2) is 0 Å². The fourth-order valence-corrected chi connectivity index (χ4v) is 9.54. The van der Waals surface area contributed by atoms with E-state index in [2.05, 4.69) is 42.0 Å². The molecule has 2 saturated heterocycles. The summed E-state index contributed by atoms with van der Waals surface area (Å²) in [6, 6.07) is 0. The molecule has 5 atom stereocenters. The Balaban J connectivity index is 1.25. The molecule has 64 heavy (non-hydrogen) atoms. The highest BCUT2D eigenvalue weighted by Gasteiger charge is 2.69. The largest absolute Gasteiger partial charge is 0.481 e. The Morgan fingerprint density at radius 1 is 0.781 bits per heavy atom. The average Bonchev–Trinajstić information content (AvgIpc) is 3.80. The molecule has 5 aliphatic rings. The fourth-order valence-electron chi connectivity index (χ4n) is 9.54. The van der Waals surface area contributed by atoms with E-state index in [9.17, 15) is 33.6 Å². The molecule has 2 aliphatic heterocycles. The zero-order valence-electron chi connectivity index (χ0n) is 39.4. The van der Waals surface area contributed by atoms with Gasteiger partial charge in [-0.05, 0) is 104 Å². The summed E-state index contributed by atoms with van der Waals surface area (Å²) in [5, 5.41) is 28.3. The second-order valence-corrected chi connectivity index (χ2v) is 20.5. The summed E-state index contributed by atoms with van der Waals surface area (Å²) in [4.78, 5) is 92.8. The number of hydrogen-bond donors (Lipinski definition) is 6. The molecule has 0 aromatic heterocycles. The summed E-state index contributed by atoms with van der Waals surface area (Å²) in [6.45, 7) is 16.9. The van der Waals surface area contributed by atoms with Gasteiger partial charge in [0.1, 0.15) is 11.2 Å². The van der Waals surface area contributed by atoms with Gasteiger partial charge in [0.2, 0.25) is 17.7 Å². The standard InChI is InChI=1S/C43H74BN7O13/c1-40(2,3)61-38(59)49(20-17-46-36(55)56)26-28(27-50(21-18-47-37(57)58)39(60)62-41(4,5)6)22-34(53)45-16-12-10-11-15-33(52)48-25-35(54)51-19-13-14-32(51)44-63-31-24-29-23-30(42(29,7)8)43(31,9)64-44/h28-32,46-47H,10-27H2,1-9H3,(H,45,53)(H,48,52)(H,55,56)(H,57,58)/t29?,30-,31?,32-,43-/m0/s1. The van der Waals surface area contributed by atoms with E-state index in [1.54, 1.807) is 46.4 Å². The third kappa shape index (κ3) is 15.0. The number of carboxylic acid groups (broad SMARTS) is 2. The molecule has 21 heteroatoms. The summed E-state index contributed by atoms with van der Waals surface area (Å²) < 4.78 is 24.3. The number of unbranched alkanes of at least 4 members (excludes halogenated alkanes) is 2. The quantitative estimate of drug-likeness (QED) is 0.0703. The predicted octanol–water partition coefficient (Wildman–Crippen LogP) is 4.05. The highest BCUT2D eigenvalue weighted by molar-refractivity contribution is 6.48. The molecule has 20 nitrogen and oxygen atoms in total. The number of rotatable bonds is 21. The summed E-state index contributed by atoms with van der Waals surface area (Å²) in [6.07, 6.45) is 1.42. The third-order valence-corrected chi connectivity index (χ3v) is 12.8. The van der Waals surface area contributed by atoms with E-state index in [1.807, 2.05) is 0 Å². The van der Waals surface area contributed by atoms with E-state index in [1.165, 1.54) is 9.80 Å². The van der Waals surface area contributed by atoms with Gasteiger partial charge in [-0.15, -0.1) is 0 Å². The van der Waals surface area contributed by atoms with Crippen molar-refractivity contribution in [3.05, 3.63) is 0 Å². The molecule has 5 fully saturated rings. The lowest BCUT2D eigenvalue weighted by Crippen LogP contribution is -2.65. The fraction of sp³-hybridized carbons (Fsp3) is 0.837. The lowest BCUT2D eigenvalue weighted by atomic mass is 9.43. The highest BCUT2D eigenvalue weighted by atomic mass is 16.7. The van der Waals surface area contributed by atoms with Gasteiger partial charge in [-0.1, -0.05) is 20.3 Å². The molecule has 2 heterocycles. The summed E-state index contributed by atoms with van der Waals surface area (Å²) in [5.74, 6) is -0.646. The maximum atomic E-state index is 13.4. The number of hydrogen-bond acceptors (Lipinski definition) is 11. The van der Waals surface area contributed by atoms with E-state index >= 15 is 0 Å². The Morgan fingerprint density at radius 3 is 1.89 bits per heavy atom. The van der Waals surface area contributed by atoms with E-state index in [-0.39, 0.29) is 106 Å². The van der Waals surface area contributed by atoms with Crippen LogP contribution in [0.15, 0.2) is 0 Å². The number of amides is 7. The molecule has 3 aliphatic carbocycles. The molecule has 7 amide bonds. The predicted molar refractivity (Wildman–Crippen MR) is 235 cm³/mol. The van der Waals surface area contributed by atoms with Gasteiger partial charge in [-0.25, -0.2) is 19.2 Å². The number of nitrogens with one attached hydrogen (secondary N) is 4. The Bertz CT molecular complexity index is 1620. The molecule has 0 radical (unpaired) electrons. The molecular formula is C43H74BN7O13. The summed E-state index contributed by atoms with van der Waals surface area (Å²) in [7, 11) is -0.474. The summed E-state index contributed by atoms with van der Waals surface area (Å²) >= 11 is 0. The van der Waals surface area contributed by atoms with Crippen LogP contribution in [-0.2, 0) is 33.2 Å². The molecule has 5 rings (SSSR count). The molecule has 2 bridgehead atoms. The lowest BCUT2D eigenvalue weighted by Gasteiger charge is -2.64. The minimum absolute atomic E-state index is 0.0300. The average molecular weight is 908 g/mol. The van der Waals surface area contributed by atoms with Gasteiger partial charge in [0.05, 0.1) is 24.2 Å². The van der Waals surface area contributed by atoms with Crippen LogP contribution in [0.25, 0.3) is 0 Å². The van der Waals surface area contributed by atoms with Crippen molar-refractivity contribution in [2.24, 2.45) is 23.2 Å². The topological polar surface area (TPSA) is 255 Å². The molecule has 2 unspecified atom stereocenters. The maximum Gasteiger partial charge on any atom is 0.481 e. The van der Waals surface area contributed by atoms with E-state index in [4.69, 9.17) is 29.0 Å². The van der Waals surface area contributed by atoms with Crippen molar-refractivity contribution in [1.82, 2.24) is 36.0 Å². The Labute approximate surface area is 378 Å². The van der Waals surface area contributed by atoms with E-state index in [0.29, 0.717) is 37.6 Å². The minimum Gasteiger partial charge on any atom is -0.465 e. The van der Waals surface area contributed by atoms with Crippen molar-refractivity contribution < 1.29 is 62.6 Å². The molecule has 6 N–H and O–H groups in total. The highest BCUT2D eigenvalue weighted by Crippen LogP contribution is 2.66. The molecule has 0 aromatic rings. The Kier molecular flexibility index (Phi) is 18.0. The number of likely N-dealkylation sites (tertiary alicyclic amines) is 1. The first-order chi connectivity index (χ1) is 29.8. The first kappa shape index (κ1) is 52.1. The molecule has 0 aromatic carbocycles. The zero-order chi connectivity index (χ0) is 47.6. The van der Waals surface area contributed by atoms with E-state index < -0.39 is 48.6 Å². The van der Waals surface area contributed by atoms with Gasteiger partial charge < -0.3 is 65.0 Å². The van der Waals surface area contributed by atoms with Crippen LogP contribution in [-0.4, -0.2) is 162 Å². The molecule has 362 valence electrons. The van der Waals surface area contributed by atoms with Gasteiger partial charge >= 0.3 is 31.5 Å². The van der Waals surface area contributed by atoms with Crippen LogP contribution in [0.2, 0.25) is 0 Å². The van der Waals surface area contributed by atoms with E-state index in [0.717, 1.165) is 25.7 Å². The van der Waals surface area contributed by atoms with Crippen molar-refractivity contribution in [1.29, 1.82) is 0 Å². The van der Waals surface area contributed by atoms with Crippen molar-refractivity contribution in [3.8, 4) is 0 Å². The number of carbonyl (C=O) groups excluding carboxylic acids is 5. The summed E-state index contributed by atoms with van der Waals surface area (Å²) in [5.41, 5.74) is -1.92. The second kappa shape index (κ2) is 22.1. The minimum atomic E-state index is -1.29.